The third-order valence-corrected chi connectivity index (χ3v) is 3.13. The van der Waals surface area contributed by atoms with Crippen LogP contribution in [0.25, 0.3) is 11.0 Å². The maximum atomic E-state index is 8.88. The number of para-hydroxylation sites is 1. The molecule has 0 atom stereocenters. The van der Waals surface area contributed by atoms with E-state index in [-0.39, 0.29) is 0 Å². The maximum Gasteiger partial charge on any atom is 0.201 e. The fourth-order valence-corrected chi connectivity index (χ4v) is 2.11. The molecule has 0 amide bonds. The number of hydrogen-bond donors (Lipinski definition) is 3. The van der Waals surface area contributed by atoms with Crippen molar-refractivity contribution >= 4 is 22.7 Å². The van der Waals surface area contributed by atoms with Gasteiger partial charge in [0, 0.05) is 18.8 Å². The molecule has 1 aromatic heterocycles. The molecule has 0 radical (unpaired) electrons. The number of H-pyrrole nitrogens is 1. The average Bonchev–Trinajstić information content (AvgIpc) is 2.94. The molecule has 0 aliphatic heterocycles. The van der Waals surface area contributed by atoms with Crippen LogP contribution in [-0.2, 0) is 0 Å². The van der Waals surface area contributed by atoms with E-state index < -0.39 is 0 Å². The van der Waals surface area contributed by atoms with Gasteiger partial charge in [-0.3, -0.25) is 0 Å². The first-order valence-electron chi connectivity index (χ1n) is 6.78. The maximum absolute atomic E-state index is 8.88. The number of fused-ring (bicyclic) bond motifs is 1. The number of nitrogens with zero attached hydrogens (tertiary/aromatic N) is 2. The summed E-state index contributed by atoms with van der Waals surface area (Å²) in [4.78, 5) is 7.60. The smallest absolute Gasteiger partial charge is 0.201 e. The van der Waals surface area contributed by atoms with Gasteiger partial charge in [-0.05, 0) is 30.3 Å². The first-order chi connectivity index (χ1) is 10.3. The lowest BCUT2D eigenvalue weighted by molar-refractivity contribution is 1.05. The summed E-state index contributed by atoms with van der Waals surface area (Å²) in [5.41, 5.74) is 3.45. The molecule has 104 valence electrons. The molecule has 1 heterocycles. The van der Waals surface area contributed by atoms with E-state index in [0.717, 1.165) is 35.8 Å². The standard InChI is InChI=1S/C16H15N5/c17-11-12-6-7-14-15(10-12)21-16(20-14)19-9-8-18-13-4-2-1-3-5-13/h1-7,10,18H,8-9H2,(H2,19,20,21). The van der Waals surface area contributed by atoms with Gasteiger partial charge in [0.25, 0.3) is 0 Å². The van der Waals surface area contributed by atoms with E-state index in [9.17, 15) is 0 Å². The van der Waals surface area contributed by atoms with Crippen LogP contribution in [0.1, 0.15) is 5.56 Å². The fourth-order valence-electron chi connectivity index (χ4n) is 2.11. The first-order valence-corrected chi connectivity index (χ1v) is 6.78. The van der Waals surface area contributed by atoms with Crippen molar-refractivity contribution in [1.29, 1.82) is 5.26 Å². The highest BCUT2D eigenvalue weighted by molar-refractivity contribution is 5.78. The molecular weight excluding hydrogens is 262 g/mol. The van der Waals surface area contributed by atoms with Crippen LogP contribution < -0.4 is 10.6 Å². The van der Waals surface area contributed by atoms with Gasteiger partial charge in [0.15, 0.2) is 0 Å². The number of imidazole rings is 1. The summed E-state index contributed by atoms with van der Waals surface area (Å²) < 4.78 is 0. The Bertz CT molecular complexity index is 770. The summed E-state index contributed by atoms with van der Waals surface area (Å²) in [7, 11) is 0. The van der Waals surface area contributed by atoms with Crippen LogP contribution in [0.2, 0.25) is 0 Å². The van der Waals surface area contributed by atoms with Crippen LogP contribution in [0, 0.1) is 11.3 Å². The van der Waals surface area contributed by atoms with Gasteiger partial charge in [-0.1, -0.05) is 18.2 Å². The van der Waals surface area contributed by atoms with E-state index in [2.05, 4.69) is 26.7 Å². The Morgan fingerprint density at radius 1 is 1.05 bits per heavy atom. The number of nitriles is 1. The Kier molecular flexibility index (Phi) is 3.70. The Labute approximate surface area is 122 Å². The molecule has 0 saturated carbocycles. The van der Waals surface area contributed by atoms with E-state index in [4.69, 9.17) is 5.26 Å². The van der Waals surface area contributed by atoms with E-state index >= 15 is 0 Å². The molecule has 2 aromatic carbocycles. The first kappa shape index (κ1) is 13.0. The van der Waals surface area contributed by atoms with Crippen molar-refractivity contribution in [2.24, 2.45) is 0 Å². The van der Waals surface area contributed by atoms with Crippen LogP contribution in [0.4, 0.5) is 11.6 Å². The minimum Gasteiger partial charge on any atom is -0.383 e. The second-order valence-corrected chi connectivity index (χ2v) is 4.65. The number of aromatic amines is 1. The van der Waals surface area contributed by atoms with E-state index in [1.165, 1.54) is 0 Å². The lowest BCUT2D eigenvalue weighted by Crippen LogP contribution is -2.14. The summed E-state index contributed by atoms with van der Waals surface area (Å²) in [5.74, 6) is 0.718. The summed E-state index contributed by atoms with van der Waals surface area (Å²) >= 11 is 0. The Morgan fingerprint density at radius 3 is 2.67 bits per heavy atom. The van der Waals surface area contributed by atoms with Crippen molar-refractivity contribution in [3.63, 3.8) is 0 Å². The second-order valence-electron chi connectivity index (χ2n) is 4.65. The highest BCUT2D eigenvalue weighted by Gasteiger charge is 2.02. The highest BCUT2D eigenvalue weighted by Crippen LogP contribution is 2.15. The van der Waals surface area contributed by atoms with Gasteiger partial charge in [0.2, 0.25) is 5.95 Å². The van der Waals surface area contributed by atoms with Crippen molar-refractivity contribution in [1.82, 2.24) is 9.97 Å². The summed E-state index contributed by atoms with van der Waals surface area (Å²) in [6, 6.07) is 17.6. The number of hydrogen-bond acceptors (Lipinski definition) is 4. The van der Waals surface area contributed by atoms with Gasteiger partial charge in [-0.15, -0.1) is 0 Å². The lowest BCUT2D eigenvalue weighted by Gasteiger charge is -2.06. The van der Waals surface area contributed by atoms with Crippen molar-refractivity contribution < 1.29 is 0 Å². The predicted molar refractivity (Wildman–Crippen MR) is 84.2 cm³/mol. The highest BCUT2D eigenvalue weighted by atomic mass is 15.1. The number of benzene rings is 2. The SMILES string of the molecule is N#Cc1ccc2nc(NCCNc3ccccc3)[nH]c2c1. The van der Waals surface area contributed by atoms with Crippen molar-refractivity contribution in [3.05, 3.63) is 54.1 Å². The molecule has 3 N–H and O–H groups in total. The minimum atomic E-state index is 0.628. The van der Waals surface area contributed by atoms with E-state index in [1.54, 1.807) is 12.1 Å². The number of rotatable bonds is 5. The monoisotopic (exact) mass is 277 g/mol. The van der Waals surface area contributed by atoms with Gasteiger partial charge < -0.3 is 15.6 Å². The van der Waals surface area contributed by atoms with Gasteiger partial charge in [0.1, 0.15) is 0 Å². The third kappa shape index (κ3) is 3.12. The van der Waals surface area contributed by atoms with Crippen LogP contribution in [0.5, 0.6) is 0 Å². The zero-order chi connectivity index (χ0) is 14.5. The van der Waals surface area contributed by atoms with Crippen molar-refractivity contribution in [3.8, 4) is 6.07 Å². The molecular formula is C16H15N5. The fraction of sp³-hybridized carbons (Fsp3) is 0.125. The van der Waals surface area contributed by atoms with Crippen LogP contribution in [-0.4, -0.2) is 23.1 Å². The molecule has 0 spiro atoms. The van der Waals surface area contributed by atoms with Gasteiger partial charge in [-0.25, -0.2) is 4.98 Å². The normalized spacial score (nSPS) is 10.2. The number of aromatic nitrogens is 2. The summed E-state index contributed by atoms with van der Waals surface area (Å²) in [5, 5.41) is 15.4. The van der Waals surface area contributed by atoms with Gasteiger partial charge in [-0.2, -0.15) is 5.26 Å². The molecule has 0 fully saturated rings. The Morgan fingerprint density at radius 2 is 1.86 bits per heavy atom. The van der Waals surface area contributed by atoms with Crippen LogP contribution in [0.15, 0.2) is 48.5 Å². The average molecular weight is 277 g/mol. The van der Waals surface area contributed by atoms with E-state index in [1.807, 2.05) is 36.4 Å². The summed E-state index contributed by atoms with van der Waals surface area (Å²) in [6.07, 6.45) is 0. The molecule has 0 aliphatic carbocycles. The molecule has 21 heavy (non-hydrogen) atoms. The third-order valence-electron chi connectivity index (χ3n) is 3.13. The zero-order valence-electron chi connectivity index (χ0n) is 11.4. The topological polar surface area (TPSA) is 76.5 Å². The molecule has 0 bridgehead atoms. The van der Waals surface area contributed by atoms with Crippen LogP contribution in [0.3, 0.4) is 0 Å². The molecule has 3 rings (SSSR count). The van der Waals surface area contributed by atoms with Gasteiger partial charge >= 0.3 is 0 Å². The summed E-state index contributed by atoms with van der Waals surface area (Å²) in [6.45, 7) is 1.55. The largest absolute Gasteiger partial charge is 0.383 e. The molecule has 5 nitrogen and oxygen atoms in total. The molecule has 3 aromatic rings. The van der Waals surface area contributed by atoms with E-state index in [0.29, 0.717) is 5.56 Å². The van der Waals surface area contributed by atoms with Crippen LogP contribution >= 0.6 is 0 Å². The van der Waals surface area contributed by atoms with Gasteiger partial charge in [0.05, 0.1) is 22.7 Å². The molecule has 5 heteroatoms. The Hall–Kier alpha value is -3.00. The quantitative estimate of drug-likeness (QED) is 0.627. The van der Waals surface area contributed by atoms with Crippen molar-refractivity contribution in [2.75, 3.05) is 23.7 Å². The zero-order valence-corrected chi connectivity index (χ0v) is 11.4. The molecule has 0 aliphatic rings. The minimum absolute atomic E-state index is 0.628. The number of nitrogens with one attached hydrogen (secondary N) is 3. The van der Waals surface area contributed by atoms with Crippen molar-refractivity contribution in [2.45, 2.75) is 0 Å². The second kappa shape index (κ2) is 5.97. The lowest BCUT2D eigenvalue weighted by atomic mass is 10.2. The molecule has 0 unspecified atom stereocenters. The predicted octanol–water partition coefficient (Wildman–Crippen LogP) is 2.96. The number of anilines is 2. The molecule has 0 saturated heterocycles. The Balaban J connectivity index is 1.57.